The molecule has 0 radical (unpaired) electrons. The summed E-state index contributed by atoms with van der Waals surface area (Å²) in [5.74, 6) is 1.31. The number of carbonyl (C=O) groups is 1. The third kappa shape index (κ3) is 3.22. The summed E-state index contributed by atoms with van der Waals surface area (Å²) < 4.78 is 0. The van der Waals surface area contributed by atoms with Crippen molar-refractivity contribution in [1.82, 2.24) is 15.1 Å². The minimum atomic E-state index is 0.263. The quantitative estimate of drug-likeness (QED) is 0.941. The molecule has 1 atom stereocenters. The van der Waals surface area contributed by atoms with E-state index in [0.29, 0.717) is 18.3 Å². The summed E-state index contributed by atoms with van der Waals surface area (Å²) in [5.41, 5.74) is 2.30. The molecular formula is C19H24N4O. The van der Waals surface area contributed by atoms with Gasteiger partial charge in [0.25, 0.3) is 0 Å². The molecule has 2 fully saturated rings. The van der Waals surface area contributed by atoms with Crippen molar-refractivity contribution in [3.8, 4) is 0 Å². The first kappa shape index (κ1) is 15.4. The molecule has 1 amide bonds. The molecule has 1 aromatic carbocycles. The SMILES string of the molecule is O=C1CC(CN2CCC(c3ccn[nH]3)CC2)CN1c1ccccc1. The van der Waals surface area contributed by atoms with E-state index in [1.165, 1.54) is 18.5 Å². The fraction of sp³-hybridized carbons (Fsp3) is 0.474. The first-order chi connectivity index (χ1) is 11.8. The van der Waals surface area contributed by atoms with Gasteiger partial charge in [-0.25, -0.2) is 0 Å². The lowest BCUT2D eigenvalue weighted by Gasteiger charge is -2.32. The Morgan fingerprint density at radius 1 is 1.12 bits per heavy atom. The monoisotopic (exact) mass is 324 g/mol. The van der Waals surface area contributed by atoms with Crippen LogP contribution in [0.4, 0.5) is 5.69 Å². The fourth-order valence-electron chi connectivity index (χ4n) is 4.05. The molecule has 1 N–H and O–H groups in total. The van der Waals surface area contributed by atoms with Crippen molar-refractivity contribution in [2.75, 3.05) is 31.1 Å². The molecule has 2 aliphatic heterocycles. The highest BCUT2D eigenvalue weighted by Crippen LogP contribution is 2.29. The van der Waals surface area contributed by atoms with E-state index in [0.717, 1.165) is 31.9 Å². The number of para-hydroxylation sites is 1. The van der Waals surface area contributed by atoms with E-state index in [1.54, 1.807) is 0 Å². The second kappa shape index (κ2) is 6.77. The average molecular weight is 324 g/mol. The van der Waals surface area contributed by atoms with Crippen molar-refractivity contribution in [2.45, 2.75) is 25.2 Å². The van der Waals surface area contributed by atoms with Crippen LogP contribution in [-0.2, 0) is 4.79 Å². The van der Waals surface area contributed by atoms with E-state index in [4.69, 9.17) is 0 Å². The lowest BCUT2D eigenvalue weighted by atomic mass is 9.93. The predicted octanol–water partition coefficient (Wildman–Crippen LogP) is 2.64. The van der Waals surface area contributed by atoms with Crippen molar-refractivity contribution in [1.29, 1.82) is 0 Å². The van der Waals surface area contributed by atoms with Crippen molar-refractivity contribution >= 4 is 11.6 Å². The van der Waals surface area contributed by atoms with Gasteiger partial charge in [-0.15, -0.1) is 0 Å². The van der Waals surface area contributed by atoms with Crippen LogP contribution in [0.15, 0.2) is 42.6 Å². The van der Waals surface area contributed by atoms with Gasteiger partial charge in [-0.1, -0.05) is 18.2 Å². The van der Waals surface area contributed by atoms with Gasteiger partial charge in [0, 0.05) is 43.0 Å². The molecule has 0 aliphatic carbocycles. The number of amides is 1. The Hall–Kier alpha value is -2.14. The molecule has 5 heteroatoms. The zero-order valence-electron chi connectivity index (χ0n) is 13.9. The molecule has 2 aliphatic rings. The van der Waals surface area contributed by atoms with Gasteiger partial charge < -0.3 is 9.80 Å². The number of anilines is 1. The summed E-state index contributed by atoms with van der Waals surface area (Å²) in [7, 11) is 0. The zero-order chi connectivity index (χ0) is 16.4. The Morgan fingerprint density at radius 3 is 2.62 bits per heavy atom. The van der Waals surface area contributed by atoms with Crippen LogP contribution in [0.1, 0.15) is 30.9 Å². The molecule has 2 saturated heterocycles. The normalized spacial score (nSPS) is 23.1. The summed E-state index contributed by atoms with van der Waals surface area (Å²) in [6.45, 7) is 4.10. The number of carbonyl (C=O) groups excluding carboxylic acids is 1. The third-order valence-electron chi connectivity index (χ3n) is 5.34. The summed E-state index contributed by atoms with van der Waals surface area (Å²) >= 11 is 0. The van der Waals surface area contributed by atoms with E-state index < -0.39 is 0 Å². The highest BCUT2D eigenvalue weighted by molar-refractivity contribution is 5.95. The molecule has 4 rings (SSSR count). The van der Waals surface area contributed by atoms with Crippen LogP contribution in [0, 0.1) is 5.92 Å². The molecule has 1 aromatic heterocycles. The van der Waals surface area contributed by atoms with Crippen LogP contribution >= 0.6 is 0 Å². The van der Waals surface area contributed by atoms with Gasteiger partial charge in [-0.05, 0) is 50.0 Å². The van der Waals surface area contributed by atoms with Crippen molar-refractivity contribution in [2.24, 2.45) is 5.92 Å². The van der Waals surface area contributed by atoms with Gasteiger partial charge >= 0.3 is 0 Å². The maximum atomic E-state index is 12.3. The number of hydrogen-bond donors (Lipinski definition) is 1. The molecule has 24 heavy (non-hydrogen) atoms. The van der Waals surface area contributed by atoms with Crippen LogP contribution in [0.3, 0.4) is 0 Å². The average Bonchev–Trinajstić information content (AvgIpc) is 3.26. The molecule has 5 nitrogen and oxygen atoms in total. The lowest BCUT2D eigenvalue weighted by Crippen LogP contribution is -2.37. The van der Waals surface area contributed by atoms with E-state index >= 15 is 0 Å². The molecular weight excluding hydrogens is 300 g/mol. The number of H-pyrrole nitrogens is 1. The molecule has 1 unspecified atom stereocenters. The van der Waals surface area contributed by atoms with E-state index in [1.807, 2.05) is 41.4 Å². The Kier molecular flexibility index (Phi) is 4.34. The van der Waals surface area contributed by atoms with Crippen molar-refractivity contribution in [3.63, 3.8) is 0 Å². The van der Waals surface area contributed by atoms with Gasteiger partial charge in [-0.2, -0.15) is 5.10 Å². The Bertz CT molecular complexity index is 662. The molecule has 0 saturated carbocycles. The van der Waals surface area contributed by atoms with Crippen molar-refractivity contribution < 1.29 is 4.79 Å². The van der Waals surface area contributed by atoms with E-state index in [-0.39, 0.29) is 5.91 Å². The summed E-state index contributed by atoms with van der Waals surface area (Å²) in [6, 6.07) is 12.1. The number of aromatic amines is 1. The van der Waals surface area contributed by atoms with Crippen LogP contribution in [0.5, 0.6) is 0 Å². The molecule has 3 heterocycles. The lowest BCUT2D eigenvalue weighted by molar-refractivity contribution is -0.117. The Balaban J connectivity index is 1.30. The molecule has 126 valence electrons. The Morgan fingerprint density at radius 2 is 1.92 bits per heavy atom. The van der Waals surface area contributed by atoms with Crippen LogP contribution in [0.25, 0.3) is 0 Å². The minimum Gasteiger partial charge on any atom is -0.312 e. The summed E-state index contributed by atoms with van der Waals surface area (Å²) in [4.78, 5) is 16.8. The van der Waals surface area contributed by atoms with Gasteiger partial charge in [0.1, 0.15) is 0 Å². The Labute approximate surface area is 142 Å². The van der Waals surface area contributed by atoms with E-state index in [2.05, 4.69) is 21.2 Å². The summed E-state index contributed by atoms with van der Waals surface area (Å²) in [5, 5.41) is 7.17. The number of likely N-dealkylation sites (tertiary alicyclic amines) is 1. The van der Waals surface area contributed by atoms with Gasteiger partial charge in [0.15, 0.2) is 0 Å². The number of piperidine rings is 1. The largest absolute Gasteiger partial charge is 0.312 e. The maximum Gasteiger partial charge on any atom is 0.227 e. The summed E-state index contributed by atoms with van der Waals surface area (Å²) in [6.07, 6.45) is 4.86. The standard InChI is InChI=1S/C19H24N4O/c24-19-12-15(14-23(19)17-4-2-1-3-5-17)13-22-10-7-16(8-11-22)18-6-9-20-21-18/h1-6,9,15-16H,7-8,10-14H2,(H,20,21). The minimum absolute atomic E-state index is 0.263. The van der Waals surface area contributed by atoms with Crippen LogP contribution in [-0.4, -0.2) is 47.2 Å². The molecule has 0 bridgehead atoms. The molecule has 2 aromatic rings. The number of benzene rings is 1. The highest BCUT2D eigenvalue weighted by atomic mass is 16.2. The van der Waals surface area contributed by atoms with Crippen LogP contribution in [0.2, 0.25) is 0 Å². The number of hydrogen-bond acceptors (Lipinski definition) is 3. The molecule has 0 spiro atoms. The van der Waals surface area contributed by atoms with Crippen molar-refractivity contribution in [3.05, 3.63) is 48.3 Å². The number of nitrogens with zero attached hydrogens (tertiary/aromatic N) is 3. The second-order valence-corrected chi connectivity index (χ2v) is 7.00. The van der Waals surface area contributed by atoms with E-state index in [9.17, 15) is 4.79 Å². The van der Waals surface area contributed by atoms with Crippen LogP contribution < -0.4 is 4.90 Å². The first-order valence-corrected chi connectivity index (χ1v) is 8.86. The fourth-order valence-corrected chi connectivity index (χ4v) is 4.05. The first-order valence-electron chi connectivity index (χ1n) is 8.86. The highest BCUT2D eigenvalue weighted by Gasteiger charge is 2.32. The topological polar surface area (TPSA) is 52.2 Å². The number of rotatable bonds is 4. The van der Waals surface area contributed by atoms with Gasteiger partial charge in [0.05, 0.1) is 0 Å². The number of nitrogens with one attached hydrogen (secondary N) is 1. The zero-order valence-corrected chi connectivity index (χ0v) is 13.9. The number of aromatic nitrogens is 2. The van der Waals surface area contributed by atoms with Gasteiger partial charge in [0.2, 0.25) is 5.91 Å². The second-order valence-electron chi connectivity index (χ2n) is 7.00. The predicted molar refractivity (Wildman–Crippen MR) is 93.9 cm³/mol. The maximum absolute atomic E-state index is 12.3. The van der Waals surface area contributed by atoms with Gasteiger partial charge in [-0.3, -0.25) is 9.89 Å². The third-order valence-corrected chi connectivity index (χ3v) is 5.34. The smallest absolute Gasteiger partial charge is 0.227 e.